The van der Waals surface area contributed by atoms with E-state index < -0.39 is 14.9 Å². The van der Waals surface area contributed by atoms with Gasteiger partial charge in [0.15, 0.2) is 0 Å². The van der Waals surface area contributed by atoms with Crippen LogP contribution >= 0.6 is 0 Å². The van der Waals surface area contributed by atoms with E-state index >= 15 is 0 Å². The van der Waals surface area contributed by atoms with E-state index in [0.29, 0.717) is 45.4 Å². The molecule has 0 aliphatic heterocycles. The Kier molecular flexibility index (Phi) is 9.62. The van der Waals surface area contributed by atoms with Crippen LogP contribution in [0.5, 0.6) is 0 Å². The Balaban J connectivity index is 2.62. The first-order valence-corrected chi connectivity index (χ1v) is 10.4. The second kappa shape index (κ2) is 11.2. The van der Waals surface area contributed by atoms with Crippen molar-refractivity contribution in [1.29, 1.82) is 0 Å². The van der Waals surface area contributed by atoms with Gasteiger partial charge < -0.3 is 23.3 Å². The Bertz CT molecular complexity index is 454. The van der Waals surface area contributed by atoms with E-state index in [1.54, 1.807) is 0 Å². The molecule has 1 rings (SSSR count). The first kappa shape index (κ1) is 20.6. The van der Waals surface area contributed by atoms with Crippen molar-refractivity contribution in [3.63, 3.8) is 0 Å². The smallest absolute Gasteiger partial charge is 0.465 e. The summed E-state index contributed by atoms with van der Waals surface area (Å²) in [7, 11) is -2.71. The number of hydrogen-bond acceptors (Lipinski definition) is 4. The van der Waals surface area contributed by atoms with E-state index in [1.807, 2.05) is 51.1 Å². The van der Waals surface area contributed by atoms with Gasteiger partial charge in [-0.2, -0.15) is 0 Å². The number of benzene rings is 1. The van der Waals surface area contributed by atoms with Gasteiger partial charge in [-0.05, 0) is 32.8 Å². The van der Waals surface area contributed by atoms with Crippen molar-refractivity contribution in [2.75, 3.05) is 26.4 Å². The minimum atomic E-state index is -2.71. The largest absolute Gasteiger partial charge is 0.500 e. The molecule has 0 aromatic heterocycles. The van der Waals surface area contributed by atoms with Gasteiger partial charge in [0.25, 0.3) is 0 Å². The molecule has 1 amide bonds. The van der Waals surface area contributed by atoms with Crippen LogP contribution < -0.4 is 0 Å². The second-order valence-electron chi connectivity index (χ2n) is 5.28. The highest BCUT2D eigenvalue weighted by Crippen LogP contribution is 2.19. The fraction of sp³-hybridized carbons (Fsp3) is 0.588. The van der Waals surface area contributed by atoms with Crippen LogP contribution in [-0.4, -0.2) is 51.3 Å². The van der Waals surface area contributed by atoms with Crippen LogP contribution in [0.15, 0.2) is 30.3 Å². The number of amides is 1. The Hall–Kier alpha value is -1.41. The van der Waals surface area contributed by atoms with Crippen LogP contribution in [-0.2, 0) is 19.8 Å². The zero-order valence-corrected chi connectivity index (χ0v) is 15.9. The lowest BCUT2D eigenvalue weighted by Crippen LogP contribution is -2.46. The highest BCUT2D eigenvalue weighted by molar-refractivity contribution is 6.60. The molecule has 1 N–H and O–H groups in total. The van der Waals surface area contributed by atoms with E-state index in [-0.39, 0.29) is 0 Å². The molecule has 136 valence electrons. The predicted molar refractivity (Wildman–Crippen MR) is 94.9 cm³/mol. The fourth-order valence-corrected chi connectivity index (χ4v) is 5.13. The number of rotatable bonds is 12. The van der Waals surface area contributed by atoms with Crippen molar-refractivity contribution in [3.05, 3.63) is 35.9 Å². The molecule has 0 saturated heterocycles. The van der Waals surface area contributed by atoms with Crippen LogP contribution in [0.1, 0.15) is 32.8 Å². The quantitative estimate of drug-likeness (QED) is 0.580. The Labute approximate surface area is 145 Å². The van der Waals surface area contributed by atoms with E-state index in [4.69, 9.17) is 13.3 Å². The maximum atomic E-state index is 11.5. The summed E-state index contributed by atoms with van der Waals surface area (Å²) in [6, 6.07) is 10.2. The molecule has 0 heterocycles. The summed E-state index contributed by atoms with van der Waals surface area (Å²) in [6.45, 7) is 8.13. The molecule has 7 heteroatoms. The molecule has 0 bridgehead atoms. The number of carboxylic acid groups (broad SMARTS) is 1. The molecular formula is C17H29NO5Si. The Morgan fingerprint density at radius 3 is 2.04 bits per heavy atom. The lowest BCUT2D eigenvalue weighted by Gasteiger charge is -2.29. The first-order chi connectivity index (χ1) is 11.6. The maximum absolute atomic E-state index is 11.5. The average molecular weight is 356 g/mol. The van der Waals surface area contributed by atoms with Crippen molar-refractivity contribution in [2.45, 2.75) is 39.8 Å². The zero-order valence-electron chi connectivity index (χ0n) is 14.9. The minimum Gasteiger partial charge on any atom is -0.465 e. The zero-order chi connectivity index (χ0) is 17.8. The van der Waals surface area contributed by atoms with Gasteiger partial charge in [0.1, 0.15) is 0 Å². The van der Waals surface area contributed by atoms with Gasteiger partial charge in [-0.3, -0.25) is 0 Å². The van der Waals surface area contributed by atoms with E-state index in [0.717, 1.165) is 5.56 Å². The molecule has 0 aliphatic carbocycles. The van der Waals surface area contributed by atoms with Crippen LogP contribution in [0.3, 0.4) is 0 Å². The Morgan fingerprint density at radius 2 is 1.58 bits per heavy atom. The van der Waals surface area contributed by atoms with Crippen molar-refractivity contribution in [3.8, 4) is 0 Å². The van der Waals surface area contributed by atoms with Crippen LogP contribution in [0, 0.1) is 0 Å². The summed E-state index contributed by atoms with van der Waals surface area (Å²) >= 11 is 0. The predicted octanol–water partition coefficient (Wildman–Crippen LogP) is 3.61. The molecule has 0 radical (unpaired) electrons. The number of hydrogen-bond donors (Lipinski definition) is 1. The van der Waals surface area contributed by atoms with Gasteiger partial charge >= 0.3 is 14.9 Å². The molecular weight excluding hydrogens is 326 g/mol. The van der Waals surface area contributed by atoms with Crippen molar-refractivity contribution in [2.24, 2.45) is 0 Å². The van der Waals surface area contributed by atoms with Crippen LogP contribution in [0.25, 0.3) is 0 Å². The fourth-order valence-electron chi connectivity index (χ4n) is 2.53. The summed E-state index contributed by atoms with van der Waals surface area (Å²) in [6.07, 6.45) is -0.277. The monoisotopic (exact) mass is 355 g/mol. The van der Waals surface area contributed by atoms with Crippen molar-refractivity contribution < 1.29 is 23.2 Å². The van der Waals surface area contributed by atoms with Gasteiger partial charge in [0.2, 0.25) is 0 Å². The lowest BCUT2D eigenvalue weighted by atomic mass is 10.2. The normalized spacial score (nSPS) is 11.5. The number of carbonyl (C=O) groups is 1. The van der Waals surface area contributed by atoms with Crippen LogP contribution in [0.2, 0.25) is 6.04 Å². The summed E-state index contributed by atoms with van der Waals surface area (Å²) in [4.78, 5) is 12.9. The van der Waals surface area contributed by atoms with Crippen LogP contribution in [0.4, 0.5) is 4.79 Å². The summed E-state index contributed by atoms with van der Waals surface area (Å²) < 4.78 is 17.4. The molecule has 0 aliphatic rings. The number of nitrogens with zero attached hydrogens (tertiary/aromatic N) is 1. The molecule has 1 aromatic carbocycles. The molecule has 0 saturated carbocycles. The summed E-state index contributed by atoms with van der Waals surface area (Å²) in [5.41, 5.74) is 0.975. The van der Waals surface area contributed by atoms with Gasteiger partial charge in [0.05, 0.1) is 0 Å². The average Bonchev–Trinajstić information content (AvgIpc) is 2.55. The molecule has 1 aromatic rings. The van der Waals surface area contributed by atoms with Crippen molar-refractivity contribution >= 4 is 14.9 Å². The topological polar surface area (TPSA) is 68.2 Å². The van der Waals surface area contributed by atoms with Gasteiger partial charge in [-0.25, -0.2) is 4.79 Å². The second-order valence-corrected chi connectivity index (χ2v) is 8.01. The SMILES string of the molecule is CCO[Si](CCCN(Cc1ccccc1)C(=O)O)(OCC)OCC. The standard InChI is InChI=1S/C17H29NO5Si/c1-4-21-24(22-5-2,23-6-3)14-10-13-18(17(19)20)15-16-11-8-7-9-12-16/h7-9,11-12H,4-6,10,13-15H2,1-3H3,(H,19,20). The third kappa shape index (κ3) is 7.00. The molecule has 0 fully saturated rings. The van der Waals surface area contributed by atoms with Gasteiger partial charge in [0, 0.05) is 39.0 Å². The van der Waals surface area contributed by atoms with Gasteiger partial charge in [-0.1, -0.05) is 30.3 Å². The molecule has 0 unspecified atom stereocenters. The molecule has 24 heavy (non-hydrogen) atoms. The van der Waals surface area contributed by atoms with E-state index in [2.05, 4.69) is 0 Å². The summed E-state index contributed by atoms with van der Waals surface area (Å²) in [5.74, 6) is 0. The van der Waals surface area contributed by atoms with E-state index in [9.17, 15) is 9.90 Å². The third-order valence-corrected chi connectivity index (χ3v) is 6.64. The molecule has 0 atom stereocenters. The van der Waals surface area contributed by atoms with E-state index in [1.165, 1.54) is 4.90 Å². The third-order valence-electron chi connectivity index (χ3n) is 3.49. The first-order valence-electron chi connectivity index (χ1n) is 8.50. The van der Waals surface area contributed by atoms with Crippen molar-refractivity contribution in [1.82, 2.24) is 4.90 Å². The lowest BCUT2D eigenvalue weighted by molar-refractivity contribution is 0.0695. The molecule has 6 nitrogen and oxygen atoms in total. The summed E-state index contributed by atoms with van der Waals surface area (Å²) in [5, 5.41) is 9.42. The highest BCUT2D eigenvalue weighted by Gasteiger charge is 2.39. The maximum Gasteiger partial charge on any atom is 0.500 e. The molecule has 0 spiro atoms. The highest BCUT2D eigenvalue weighted by atomic mass is 28.4. The minimum absolute atomic E-state index is 0.378. The Morgan fingerprint density at radius 1 is 1.04 bits per heavy atom. The van der Waals surface area contributed by atoms with Gasteiger partial charge in [-0.15, -0.1) is 0 Å².